The molecule has 1 aliphatic rings. The van der Waals surface area contributed by atoms with Crippen LogP contribution in [0.15, 0.2) is 18.2 Å². The fraction of sp³-hybridized carbons (Fsp3) is 0.500. The monoisotopic (exact) mass is 278 g/mol. The maximum absolute atomic E-state index is 12.9. The maximum atomic E-state index is 12.9. The van der Waals surface area contributed by atoms with Gasteiger partial charge in [-0.15, -0.1) is 12.4 Å². The van der Waals surface area contributed by atoms with Gasteiger partial charge in [-0.25, -0.2) is 4.39 Å². The minimum Gasteiger partial charge on any atom is -0.327 e. The van der Waals surface area contributed by atoms with Crippen LogP contribution in [0.2, 0.25) is 5.02 Å². The molecule has 0 saturated carbocycles. The zero-order valence-corrected chi connectivity index (χ0v) is 11.1. The Morgan fingerprint density at radius 3 is 2.88 bits per heavy atom. The Bertz CT molecular complexity index is 374. The van der Waals surface area contributed by atoms with Gasteiger partial charge < -0.3 is 5.73 Å². The number of hydrogen-bond acceptors (Lipinski definition) is 2. The van der Waals surface area contributed by atoms with Crippen molar-refractivity contribution in [2.75, 3.05) is 13.1 Å². The molecule has 2 rings (SSSR count). The number of nitrogens with zero attached hydrogens (tertiary/aromatic N) is 1. The van der Waals surface area contributed by atoms with E-state index in [1.54, 1.807) is 6.07 Å². The number of halogens is 3. The van der Waals surface area contributed by atoms with E-state index in [9.17, 15) is 4.39 Å². The summed E-state index contributed by atoms with van der Waals surface area (Å²) in [7, 11) is 0. The minimum absolute atomic E-state index is 0. The molecular formula is C12H17Cl2FN2. The van der Waals surface area contributed by atoms with Gasteiger partial charge in [-0.3, -0.25) is 4.90 Å². The predicted octanol–water partition coefficient (Wildman–Crippen LogP) is 2.82. The lowest BCUT2D eigenvalue weighted by Crippen LogP contribution is -2.42. The first-order chi connectivity index (χ1) is 7.65. The Morgan fingerprint density at radius 2 is 2.24 bits per heavy atom. The highest BCUT2D eigenvalue weighted by molar-refractivity contribution is 6.31. The number of nitrogens with two attached hydrogens (primary N) is 1. The number of rotatable bonds is 2. The Morgan fingerprint density at radius 1 is 1.47 bits per heavy atom. The largest absolute Gasteiger partial charge is 0.327 e. The molecule has 0 amide bonds. The van der Waals surface area contributed by atoms with Crippen molar-refractivity contribution in [1.82, 2.24) is 4.90 Å². The van der Waals surface area contributed by atoms with E-state index in [0.717, 1.165) is 38.0 Å². The summed E-state index contributed by atoms with van der Waals surface area (Å²) in [6, 6.07) is 4.82. The third-order valence-corrected chi connectivity index (χ3v) is 3.30. The van der Waals surface area contributed by atoms with E-state index in [4.69, 9.17) is 17.3 Å². The zero-order valence-electron chi connectivity index (χ0n) is 9.53. The van der Waals surface area contributed by atoms with Crippen LogP contribution in [-0.2, 0) is 6.54 Å². The number of benzene rings is 1. The summed E-state index contributed by atoms with van der Waals surface area (Å²) in [4.78, 5) is 2.27. The number of piperidine rings is 1. The molecule has 0 aromatic heterocycles. The molecule has 1 heterocycles. The average Bonchev–Trinajstić information content (AvgIpc) is 2.22. The summed E-state index contributed by atoms with van der Waals surface area (Å²) in [5.74, 6) is -0.288. The predicted molar refractivity (Wildman–Crippen MR) is 71.1 cm³/mol. The van der Waals surface area contributed by atoms with Crippen molar-refractivity contribution < 1.29 is 4.39 Å². The van der Waals surface area contributed by atoms with Crippen molar-refractivity contribution in [3.63, 3.8) is 0 Å². The molecule has 2 nitrogen and oxygen atoms in total. The Labute approximate surface area is 112 Å². The van der Waals surface area contributed by atoms with E-state index in [1.165, 1.54) is 12.1 Å². The molecule has 1 aliphatic heterocycles. The van der Waals surface area contributed by atoms with Crippen LogP contribution in [-0.4, -0.2) is 24.0 Å². The van der Waals surface area contributed by atoms with E-state index < -0.39 is 0 Å². The molecule has 17 heavy (non-hydrogen) atoms. The first-order valence-corrected chi connectivity index (χ1v) is 5.95. The van der Waals surface area contributed by atoms with Crippen LogP contribution in [0.4, 0.5) is 4.39 Å². The van der Waals surface area contributed by atoms with E-state index in [2.05, 4.69) is 4.90 Å². The second-order valence-electron chi connectivity index (χ2n) is 4.37. The fourth-order valence-corrected chi connectivity index (χ4v) is 2.35. The van der Waals surface area contributed by atoms with E-state index in [1.807, 2.05) is 0 Å². The van der Waals surface area contributed by atoms with Gasteiger partial charge in [0.05, 0.1) is 0 Å². The van der Waals surface area contributed by atoms with E-state index in [-0.39, 0.29) is 24.3 Å². The topological polar surface area (TPSA) is 29.3 Å². The summed E-state index contributed by atoms with van der Waals surface area (Å²) in [6.07, 6.45) is 2.22. The van der Waals surface area contributed by atoms with Gasteiger partial charge in [-0.1, -0.05) is 17.7 Å². The van der Waals surface area contributed by atoms with Crippen LogP contribution < -0.4 is 5.73 Å². The van der Waals surface area contributed by atoms with Crippen LogP contribution in [0.3, 0.4) is 0 Å². The highest BCUT2D eigenvalue weighted by Gasteiger charge is 2.17. The summed E-state index contributed by atoms with van der Waals surface area (Å²) < 4.78 is 12.9. The van der Waals surface area contributed by atoms with Gasteiger partial charge in [-0.05, 0) is 37.1 Å². The summed E-state index contributed by atoms with van der Waals surface area (Å²) >= 11 is 5.99. The molecule has 2 N–H and O–H groups in total. The normalized spacial score (nSPS) is 21.0. The third kappa shape index (κ3) is 4.11. The molecule has 96 valence electrons. The van der Waals surface area contributed by atoms with Crippen molar-refractivity contribution >= 4 is 24.0 Å². The van der Waals surface area contributed by atoms with Gasteiger partial charge in [-0.2, -0.15) is 0 Å². The van der Waals surface area contributed by atoms with Crippen molar-refractivity contribution in [2.24, 2.45) is 5.73 Å². The highest BCUT2D eigenvalue weighted by Crippen LogP contribution is 2.20. The molecule has 0 aliphatic carbocycles. The van der Waals surface area contributed by atoms with Crippen LogP contribution in [0.5, 0.6) is 0 Å². The lowest BCUT2D eigenvalue weighted by atomic mass is 10.1. The average molecular weight is 279 g/mol. The highest BCUT2D eigenvalue weighted by atomic mass is 35.5. The minimum atomic E-state index is -0.288. The SMILES string of the molecule is Cl.NC1CCCN(Cc2ccc(F)cc2Cl)C1. The van der Waals surface area contributed by atoms with Crippen molar-refractivity contribution in [3.05, 3.63) is 34.6 Å². The van der Waals surface area contributed by atoms with Crippen LogP contribution in [0.1, 0.15) is 18.4 Å². The molecule has 5 heteroatoms. The lowest BCUT2D eigenvalue weighted by Gasteiger charge is -2.30. The van der Waals surface area contributed by atoms with Gasteiger partial charge in [0.15, 0.2) is 0 Å². The van der Waals surface area contributed by atoms with Crippen molar-refractivity contribution in [1.29, 1.82) is 0 Å². The molecule has 0 spiro atoms. The Kier molecular flexibility index (Phi) is 5.67. The molecule has 1 atom stereocenters. The first-order valence-electron chi connectivity index (χ1n) is 5.57. The first kappa shape index (κ1) is 14.7. The molecule has 1 aromatic rings. The van der Waals surface area contributed by atoms with Gasteiger partial charge >= 0.3 is 0 Å². The Hall–Kier alpha value is -0.350. The van der Waals surface area contributed by atoms with Gasteiger partial charge in [0, 0.05) is 24.2 Å². The molecule has 1 unspecified atom stereocenters. The summed E-state index contributed by atoms with van der Waals surface area (Å²) in [5, 5.41) is 0.499. The van der Waals surface area contributed by atoms with Crippen LogP contribution in [0.25, 0.3) is 0 Å². The molecule has 1 fully saturated rings. The van der Waals surface area contributed by atoms with Gasteiger partial charge in [0.2, 0.25) is 0 Å². The van der Waals surface area contributed by atoms with Gasteiger partial charge in [0.25, 0.3) is 0 Å². The van der Waals surface area contributed by atoms with Crippen LogP contribution in [0, 0.1) is 5.82 Å². The van der Waals surface area contributed by atoms with Gasteiger partial charge in [0.1, 0.15) is 5.82 Å². The fourth-order valence-electron chi connectivity index (χ4n) is 2.13. The van der Waals surface area contributed by atoms with E-state index >= 15 is 0 Å². The Balaban J connectivity index is 0.00000144. The maximum Gasteiger partial charge on any atom is 0.124 e. The van der Waals surface area contributed by atoms with E-state index in [0.29, 0.717) is 5.02 Å². The molecule has 1 aromatic carbocycles. The number of hydrogen-bond donors (Lipinski definition) is 1. The van der Waals surface area contributed by atoms with Crippen LogP contribution >= 0.6 is 24.0 Å². The second-order valence-corrected chi connectivity index (χ2v) is 4.78. The third-order valence-electron chi connectivity index (χ3n) is 2.95. The summed E-state index contributed by atoms with van der Waals surface area (Å²) in [6.45, 7) is 2.70. The summed E-state index contributed by atoms with van der Waals surface area (Å²) in [5.41, 5.74) is 6.88. The second kappa shape index (κ2) is 6.55. The molecule has 0 bridgehead atoms. The van der Waals surface area contributed by atoms with Crippen molar-refractivity contribution in [2.45, 2.75) is 25.4 Å². The molecular weight excluding hydrogens is 262 g/mol. The zero-order chi connectivity index (χ0) is 11.5. The lowest BCUT2D eigenvalue weighted by molar-refractivity contribution is 0.201. The number of likely N-dealkylation sites (tertiary alicyclic amines) is 1. The van der Waals surface area contributed by atoms with Crippen molar-refractivity contribution in [3.8, 4) is 0 Å². The molecule has 0 radical (unpaired) electrons. The smallest absolute Gasteiger partial charge is 0.124 e. The quantitative estimate of drug-likeness (QED) is 0.902. The molecule has 1 saturated heterocycles. The standard InChI is InChI=1S/C12H16ClFN2.ClH/c13-12-6-10(14)4-3-9(12)7-16-5-1-2-11(15)8-16;/h3-4,6,11H,1-2,5,7-8,15H2;1H.